The van der Waals surface area contributed by atoms with E-state index in [0.717, 1.165) is 59.0 Å². The first-order valence-corrected chi connectivity index (χ1v) is 11.2. The van der Waals surface area contributed by atoms with Gasteiger partial charge in [0.05, 0.1) is 17.6 Å². The van der Waals surface area contributed by atoms with Gasteiger partial charge in [-0.05, 0) is 74.9 Å². The lowest BCUT2D eigenvalue weighted by Crippen LogP contribution is -2.41. The molecular weight excluding hydrogens is 405 g/mol. The van der Waals surface area contributed by atoms with Crippen molar-refractivity contribution in [2.75, 3.05) is 13.1 Å². The normalized spacial score (nSPS) is 13.0. The van der Waals surface area contributed by atoms with Crippen LogP contribution in [-0.4, -0.2) is 34.8 Å². The molecule has 1 aliphatic carbocycles. The molecule has 2 aromatic carbocycles. The second-order valence-corrected chi connectivity index (χ2v) is 8.36. The fourth-order valence-corrected chi connectivity index (χ4v) is 4.30. The Morgan fingerprint density at radius 2 is 1.84 bits per heavy atom. The average Bonchev–Trinajstić information content (AvgIpc) is 2.80. The number of aryl methyl sites for hydroxylation is 2. The Bertz CT molecular complexity index is 1160. The van der Waals surface area contributed by atoms with Gasteiger partial charge in [0.15, 0.2) is 0 Å². The number of likely N-dealkylation sites (N-methyl/N-ethyl adjacent to an activating group) is 1. The fourth-order valence-electron chi connectivity index (χ4n) is 4.30. The number of fused-ring (bicyclic) bond motifs is 2. The average molecular weight is 434 g/mol. The third-order valence-corrected chi connectivity index (χ3v) is 6.04. The number of rotatable bonds is 6. The molecule has 0 saturated carbocycles. The minimum atomic E-state index is -0.314. The summed E-state index contributed by atoms with van der Waals surface area (Å²) in [4.78, 5) is 32.7. The summed E-state index contributed by atoms with van der Waals surface area (Å²) in [6.45, 7) is 4.58. The predicted molar refractivity (Wildman–Crippen MR) is 123 cm³/mol. The Hall–Kier alpha value is -3.28. The molecule has 0 atom stereocenters. The number of nitrogens with one attached hydrogen (secondary N) is 1. The van der Waals surface area contributed by atoms with Gasteiger partial charge in [-0.25, -0.2) is 4.39 Å². The van der Waals surface area contributed by atoms with Gasteiger partial charge in [0, 0.05) is 24.2 Å². The van der Waals surface area contributed by atoms with E-state index in [1.54, 1.807) is 17.0 Å². The highest BCUT2D eigenvalue weighted by Gasteiger charge is 2.26. The Balaban J connectivity index is 1.58. The van der Waals surface area contributed by atoms with Crippen LogP contribution in [0.3, 0.4) is 0 Å². The lowest BCUT2D eigenvalue weighted by molar-refractivity contribution is -0.121. The molecule has 0 aliphatic heterocycles. The van der Waals surface area contributed by atoms with Crippen molar-refractivity contribution in [1.82, 2.24) is 15.2 Å². The van der Waals surface area contributed by atoms with Gasteiger partial charge in [0.25, 0.3) is 5.91 Å². The number of benzene rings is 2. The van der Waals surface area contributed by atoms with E-state index in [1.807, 2.05) is 32.0 Å². The van der Waals surface area contributed by atoms with E-state index in [0.29, 0.717) is 12.1 Å². The number of hydrogen-bond acceptors (Lipinski definition) is 3. The fraction of sp³-hybridized carbons (Fsp3) is 0.346. The molecular formula is C26H28FN3O2. The predicted octanol–water partition coefficient (Wildman–Crippen LogP) is 4.34. The molecule has 4 rings (SSSR count). The molecule has 0 bridgehead atoms. The summed E-state index contributed by atoms with van der Waals surface area (Å²) in [6, 6.07) is 12.0. The Labute approximate surface area is 187 Å². The summed E-state index contributed by atoms with van der Waals surface area (Å²) in [5.74, 6) is -0.681. The van der Waals surface area contributed by atoms with Crippen LogP contribution in [0.15, 0.2) is 42.5 Å². The minimum absolute atomic E-state index is 0.0269. The van der Waals surface area contributed by atoms with Gasteiger partial charge in [-0.3, -0.25) is 14.6 Å². The molecule has 0 unspecified atom stereocenters. The molecule has 1 aliphatic rings. The zero-order chi connectivity index (χ0) is 22.7. The number of pyridine rings is 1. The highest BCUT2D eigenvalue weighted by molar-refractivity contribution is 6.08. The first-order chi connectivity index (χ1) is 15.5. The molecule has 0 fully saturated rings. The van der Waals surface area contributed by atoms with E-state index in [9.17, 15) is 14.0 Å². The lowest BCUT2D eigenvalue weighted by Gasteiger charge is -2.25. The molecule has 3 aromatic rings. The molecule has 0 saturated heterocycles. The highest BCUT2D eigenvalue weighted by Crippen LogP contribution is 2.30. The third kappa shape index (κ3) is 4.64. The van der Waals surface area contributed by atoms with E-state index in [2.05, 4.69) is 5.32 Å². The summed E-state index contributed by atoms with van der Waals surface area (Å²) >= 11 is 0. The molecule has 32 heavy (non-hydrogen) atoms. The molecule has 5 nitrogen and oxygen atoms in total. The van der Waals surface area contributed by atoms with E-state index < -0.39 is 0 Å². The Kier molecular flexibility index (Phi) is 6.49. The topological polar surface area (TPSA) is 62.3 Å². The van der Waals surface area contributed by atoms with Crippen LogP contribution >= 0.6 is 0 Å². The Morgan fingerprint density at radius 3 is 2.59 bits per heavy atom. The largest absolute Gasteiger partial charge is 0.350 e. The van der Waals surface area contributed by atoms with Gasteiger partial charge in [-0.2, -0.15) is 0 Å². The summed E-state index contributed by atoms with van der Waals surface area (Å²) < 4.78 is 13.1. The standard InChI is InChI=1S/C26H28FN3O2/c1-3-30(16-24(31)28-15-18-9-11-19(27)12-10-18)26(32)25-20-6-4-5-7-22(20)29-23-13-8-17(2)14-21(23)25/h8-14H,3-7,15-16H2,1-2H3,(H,28,31). The van der Waals surface area contributed by atoms with Crippen LogP contribution < -0.4 is 5.32 Å². The first kappa shape index (κ1) is 21.9. The van der Waals surface area contributed by atoms with Crippen molar-refractivity contribution < 1.29 is 14.0 Å². The van der Waals surface area contributed by atoms with Crippen LogP contribution in [0, 0.1) is 12.7 Å². The molecule has 0 spiro atoms. The van der Waals surface area contributed by atoms with Gasteiger partial charge in [0.2, 0.25) is 5.91 Å². The van der Waals surface area contributed by atoms with Crippen molar-refractivity contribution in [2.45, 2.75) is 46.1 Å². The van der Waals surface area contributed by atoms with Crippen LogP contribution in [0.5, 0.6) is 0 Å². The Morgan fingerprint density at radius 1 is 1.09 bits per heavy atom. The number of hydrogen-bond donors (Lipinski definition) is 1. The SMILES string of the molecule is CCN(CC(=O)NCc1ccc(F)cc1)C(=O)c1c2c(nc3ccc(C)cc13)CCCC2. The number of halogens is 1. The zero-order valence-electron chi connectivity index (χ0n) is 18.6. The van der Waals surface area contributed by atoms with Crippen LogP contribution in [0.2, 0.25) is 0 Å². The zero-order valence-corrected chi connectivity index (χ0v) is 18.6. The van der Waals surface area contributed by atoms with Crippen molar-refractivity contribution in [3.05, 3.63) is 76.2 Å². The summed E-state index contributed by atoms with van der Waals surface area (Å²) in [5.41, 5.74) is 5.44. The van der Waals surface area contributed by atoms with E-state index >= 15 is 0 Å². The number of carbonyl (C=O) groups excluding carboxylic acids is 2. The van der Waals surface area contributed by atoms with Crippen molar-refractivity contribution in [3.8, 4) is 0 Å². The molecule has 166 valence electrons. The third-order valence-electron chi connectivity index (χ3n) is 6.04. The number of carbonyl (C=O) groups is 2. The van der Waals surface area contributed by atoms with Gasteiger partial charge in [0.1, 0.15) is 5.82 Å². The van der Waals surface area contributed by atoms with Gasteiger partial charge < -0.3 is 10.2 Å². The smallest absolute Gasteiger partial charge is 0.255 e. The molecule has 1 N–H and O–H groups in total. The summed E-state index contributed by atoms with van der Waals surface area (Å²) in [6.07, 6.45) is 3.83. The lowest BCUT2D eigenvalue weighted by atomic mass is 9.89. The molecule has 0 radical (unpaired) electrons. The summed E-state index contributed by atoms with van der Waals surface area (Å²) in [7, 11) is 0. The van der Waals surface area contributed by atoms with Gasteiger partial charge in [-0.15, -0.1) is 0 Å². The second-order valence-electron chi connectivity index (χ2n) is 8.36. The van der Waals surface area contributed by atoms with Crippen LogP contribution in [0.4, 0.5) is 4.39 Å². The van der Waals surface area contributed by atoms with Crippen LogP contribution in [0.1, 0.15) is 52.5 Å². The maximum Gasteiger partial charge on any atom is 0.255 e. The number of aromatic nitrogens is 1. The second kappa shape index (κ2) is 9.47. The molecule has 1 heterocycles. The first-order valence-electron chi connectivity index (χ1n) is 11.2. The van der Waals surface area contributed by atoms with Crippen molar-refractivity contribution >= 4 is 22.7 Å². The number of nitrogens with zero attached hydrogens (tertiary/aromatic N) is 2. The maximum atomic E-state index is 13.7. The maximum absolute atomic E-state index is 13.7. The quantitative estimate of drug-likeness (QED) is 0.629. The molecule has 6 heteroatoms. The van der Waals surface area contributed by atoms with E-state index in [-0.39, 0.29) is 30.7 Å². The van der Waals surface area contributed by atoms with Crippen LogP contribution in [-0.2, 0) is 24.2 Å². The molecule has 2 amide bonds. The van der Waals surface area contributed by atoms with Crippen LogP contribution in [0.25, 0.3) is 10.9 Å². The van der Waals surface area contributed by atoms with Crippen molar-refractivity contribution in [1.29, 1.82) is 0 Å². The summed E-state index contributed by atoms with van der Waals surface area (Å²) in [5, 5.41) is 3.69. The molecule has 1 aromatic heterocycles. The highest BCUT2D eigenvalue weighted by atomic mass is 19.1. The van der Waals surface area contributed by atoms with E-state index in [1.165, 1.54) is 12.1 Å². The van der Waals surface area contributed by atoms with Gasteiger partial charge >= 0.3 is 0 Å². The number of amides is 2. The van der Waals surface area contributed by atoms with E-state index in [4.69, 9.17) is 4.98 Å². The monoisotopic (exact) mass is 433 g/mol. The van der Waals surface area contributed by atoms with Crippen molar-refractivity contribution in [3.63, 3.8) is 0 Å². The van der Waals surface area contributed by atoms with Crippen molar-refractivity contribution in [2.24, 2.45) is 0 Å². The van der Waals surface area contributed by atoms with Gasteiger partial charge in [-0.1, -0.05) is 23.8 Å². The minimum Gasteiger partial charge on any atom is -0.350 e.